The van der Waals surface area contributed by atoms with Crippen LogP contribution in [-0.2, 0) is 55.4 Å². The average Bonchev–Trinajstić information content (AvgIpc) is 2.90. The molecule has 0 aliphatic carbocycles. The molecule has 2 aromatic carbocycles. The Kier molecular flexibility index (Phi) is 19.5. The van der Waals surface area contributed by atoms with E-state index in [9.17, 15) is 19.0 Å². The highest BCUT2D eigenvalue weighted by molar-refractivity contribution is 14.1. The smallest absolute Gasteiger partial charge is 0.461 e. The van der Waals surface area contributed by atoms with Crippen molar-refractivity contribution in [2.24, 2.45) is 0 Å². The normalized spacial score (nSPS) is 13.2. The predicted octanol–water partition coefficient (Wildman–Crippen LogP) is 6.34. The highest BCUT2D eigenvalue weighted by Gasteiger charge is 2.29. The number of hydrogen-bond donors (Lipinski definition) is 1. The number of quaternary nitrogens is 1. The maximum absolute atomic E-state index is 12.6. The first-order valence-corrected chi connectivity index (χ1v) is 20.6. The molecule has 1 unspecified atom stereocenters. The van der Waals surface area contributed by atoms with Crippen molar-refractivity contribution in [2.75, 3.05) is 60.7 Å². The fourth-order valence-electron chi connectivity index (χ4n) is 3.13. The molecule has 0 amide bonds. The van der Waals surface area contributed by atoms with Crippen molar-refractivity contribution >= 4 is 155 Å². The number of phosphoric acid groups is 1. The monoisotopic (exact) mass is 1310 g/mol. The third-order valence-corrected chi connectivity index (χ3v) is 13.9. The van der Waals surface area contributed by atoms with E-state index < -0.39 is 39.1 Å². The largest absolute Gasteiger partial charge is 0.472 e. The number of benzene rings is 2. The van der Waals surface area contributed by atoms with Gasteiger partial charge in [-0.1, -0.05) is 0 Å². The van der Waals surface area contributed by atoms with Crippen molar-refractivity contribution in [2.45, 2.75) is 19.3 Å². The van der Waals surface area contributed by atoms with Crippen LogP contribution in [0.4, 0.5) is 0 Å². The zero-order chi connectivity index (χ0) is 33.1. The van der Waals surface area contributed by atoms with E-state index in [1.54, 1.807) is 0 Å². The summed E-state index contributed by atoms with van der Waals surface area (Å²) in [5.74, 6) is -1.44. The highest BCUT2D eigenvalue weighted by atomic mass is 127. The van der Waals surface area contributed by atoms with Gasteiger partial charge in [0.05, 0.1) is 34.4 Å². The Morgan fingerprint density at radius 3 is 1.64 bits per heavy atom. The van der Waals surface area contributed by atoms with Crippen LogP contribution in [0.1, 0.15) is 11.1 Å². The second-order valence-corrected chi connectivity index (χ2v) is 18.5. The van der Waals surface area contributed by atoms with E-state index in [0.717, 1.165) is 32.5 Å². The lowest BCUT2D eigenvalue weighted by atomic mass is 10.2. The topological polar surface area (TPSA) is 127 Å². The lowest BCUT2D eigenvalue weighted by Gasteiger charge is -2.25. The molecule has 2 rings (SSSR count). The molecule has 0 radical (unpaired) electrons. The minimum Gasteiger partial charge on any atom is -0.461 e. The number of phosphoric ester groups is 1. The van der Waals surface area contributed by atoms with Crippen molar-refractivity contribution in [3.63, 3.8) is 0 Å². The second kappa shape index (κ2) is 20.4. The standard InChI is InChI=1S/C26H30I6NO10P/c1-33(2,3)4-5-42-44(36,37)43-20(12-40-23(34)14-38-10-16-6-18(27)8-21(29)25(16)31)13-41-24(35)15-39-11-17-7-19(28)9-22(30)26(17)32/h6-9,20H,4-5,10-15H2,1-3H3/p+1. The van der Waals surface area contributed by atoms with Gasteiger partial charge in [-0.3, -0.25) is 9.05 Å². The quantitative estimate of drug-likeness (QED) is 0.0595. The zero-order valence-electron chi connectivity index (χ0n) is 23.8. The SMILES string of the molecule is C[N+](C)(C)CCOP(=O)(O)OC(COC(=O)COCc1cc(I)cc(I)c1I)COC(=O)COCc1cc(I)cc(I)c1I. The molecule has 0 aliphatic heterocycles. The van der Waals surface area contributed by atoms with Gasteiger partial charge in [0, 0.05) is 21.4 Å². The van der Waals surface area contributed by atoms with E-state index in [1.165, 1.54) is 0 Å². The Morgan fingerprint density at radius 1 is 0.795 bits per heavy atom. The molecule has 0 aromatic heterocycles. The van der Waals surface area contributed by atoms with Gasteiger partial charge in [-0.2, -0.15) is 0 Å². The summed E-state index contributed by atoms with van der Waals surface area (Å²) >= 11 is 13.3. The van der Waals surface area contributed by atoms with Gasteiger partial charge in [0.2, 0.25) is 0 Å². The van der Waals surface area contributed by atoms with Crippen LogP contribution in [0, 0.1) is 21.4 Å². The second-order valence-electron chi connectivity index (χ2n) is 10.1. The molecular formula is C26H31I6NO10P+. The van der Waals surface area contributed by atoms with E-state index in [-0.39, 0.29) is 33.0 Å². The van der Waals surface area contributed by atoms with Gasteiger partial charge < -0.3 is 28.3 Å². The van der Waals surface area contributed by atoms with Crippen LogP contribution >= 0.6 is 143 Å². The number of carbonyl (C=O) groups excluding carboxylic acids is 2. The molecular weight excluding hydrogens is 1280 g/mol. The lowest BCUT2D eigenvalue weighted by molar-refractivity contribution is -0.870. The Hall–Kier alpha value is 1.75. The molecule has 11 nitrogen and oxygen atoms in total. The summed E-state index contributed by atoms with van der Waals surface area (Å²) in [6.07, 6.45) is -1.28. The van der Waals surface area contributed by atoms with Crippen LogP contribution in [0.15, 0.2) is 24.3 Å². The third-order valence-electron chi connectivity index (χ3n) is 5.25. The van der Waals surface area contributed by atoms with Crippen LogP contribution < -0.4 is 0 Å². The number of carbonyl (C=O) groups is 2. The van der Waals surface area contributed by atoms with E-state index >= 15 is 0 Å². The Bertz CT molecular complexity index is 1260. The molecule has 0 saturated carbocycles. The Morgan fingerprint density at radius 2 is 1.23 bits per heavy atom. The van der Waals surface area contributed by atoms with Crippen molar-refractivity contribution in [1.29, 1.82) is 0 Å². The number of nitrogens with zero attached hydrogens (tertiary/aromatic N) is 1. The van der Waals surface area contributed by atoms with E-state index in [0.29, 0.717) is 11.0 Å². The van der Waals surface area contributed by atoms with Gasteiger partial charge in [0.15, 0.2) is 0 Å². The molecule has 0 bridgehead atoms. The molecule has 0 spiro atoms. The summed E-state index contributed by atoms with van der Waals surface area (Å²) in [5, 5.41) is 0. The van der Waals surface area contributed by atoms with Crippen molar-refractivity contribution < 1.29 is 51.5 Å². The molecule has 0 aliphatic rings. The molecule has 18 heteroatoms. The van der Waals surface area contributed by atoms with Gasteiger partial charge >= 0.3 is 19.8 Å². The predicted molar refractivity (Wildman–Crippen MR) is 214 cm³/mol. The maximum Gasteiger partial charge on any atom is 0.472 e. The number of rotatable bonds is 18. The van der Waals surface area contributed by atoms with Crippen LogP contribution in [0.2, 0.25) is 0 Å². The first-order chi connectivity index (χ1) is 20.5. The van der Waals surface area contributed by atoms with Crippen LogP contribution in [-0.4, -0.2) is 88.1 Å². The number of halogens is 6. The summed E-state index contributed by atoms with van der Waals surface area (Å²) in [4.78, 5) is 35.0. The van der Waals surface area contributed by atoms with Crippen molar-refractivity contribution in [1.82, 2.24) is 0 Å². The molecule has 0 saturated heterocycles. The van der Waals surface area contributed by atoms with Gasteiger partial charge in [0.25, 0.3) is 0 Å². The number of esters is 2. The zero-order valence-corrected chi connectivity index (χ0v) is 37.7. The molecule has 246 valence electrons. The van der Waals surface area contributed by atoms with Gasteiger partial charge in [0.1, 0.15) is 45.7 Å². The van der Waals surface area contributed by atoms with Crippen molar-refractivity contribution in [3.8, 4) is 0 Å². The molecule has 1 atom stereocenters. The molecule has 2 aromatic rings. The van der Waals surface area contributed by atoms with Gasteiger partial charge in [-0.25, -0.2) is 14.2 Å². The Balaban J connectivity index is 1.92. The highest BCUT2D eigenvalue weighted by Crippen LogP contribution is 2.44. The fourth-order valence-corrected chi connectivity index (χ4v) is 8.87. The summed E-state index contributed by atoms with van der Waals surface area (Å²) in [5.41, 5.74) is 1.87. The first-order valence-electron chi connectivity index (χ1n) is 12.7. The molecule has 0 heterocycles. The number of likely N-dealkylation sites (N-methyl/N-ethyl adjacent to an activating group) is 1. The summed E-state index contributed by atoms with van der Waals surface area (Å²) in [6.45, 7) is -0.884. The summed E-state index contributed by atoms with van der Waals surface area (Å²) in [6, 6.07) is 8.02. The van der Waals surface area contributed by atoms with Crippen LogP contribution in [0.25, 0.3) is 0 Å². The average molecular weight is 1310 g/mol. The van der Waals surface area contributed by atoms with E-state index in [1.807, 2.05) is 45.4 Å². The van der Waals surface area contributed by atoms with Crippen molar-refractivity contribution in [3.05, 3.63) is 56.8 Å². The van der Waals surface area contributed by atoms with Gasteiger partial charge in [-0.05, 0) is 171 Å². The van der Waals surface area contributed by atoms with Gasteiger partial charge in [-0.15, -0.1) is 0 Å². The molecule has 44 heavy (non-hydrogen) atoms. The lowest BCUT2D eigenvalue weighted by Crippen LogP contribution is -2.37. The number of hydrogen-bond acceptors (Lipinski definition) is 9. The minimum atomic E-state index is -4.57. The Labute approximate surface area is 338 Å². The van der Waals surface area contributed by atoms with E-state index in [2.05, 4.69) is 136 Å². The van der Waals surface area contributed by atoms with Crippen LogP contribution in [0.5, 0.6) is 0 Å². The minimum absolute atomic E-state index is 0.0580. The summed E-state index contributed by atoms with van der Waals surface area (Å²) in [7, 11) is 1.14. The number of ether oxygens (including phenoxy) is 4. The van der Waals surface area contributed by atoms with Crippen LogP contribution in [0.3, 0.4) is 0 Å². The summed E-state index contributed by atoms with van der Waals surface area (Å²) < 4.78 is 51.2. The first kappa shape index (κ1) is 41.9. The van der Waals surface area contributed by atoms with E-state index in [4.69, 9.17) is 28.0 Å². The maximum atomic E-state index is 12.6. The fraction of sp³-hybridized carbons (Fsp3) is 0.462. The molecule has 1 N–H and O–H groups in total. The molecule has 0 fully saturated rings. The third kappa shape index (κ3) is 16.9.